The van der Waals surface area contributed by atoms with E-state index in [1.807, 2.05) is 18.2 Å². The summed E-state index contributed by atoms with van der Waals surface area (Å²) in [4.78, 5) is 16.1. The van der Waals surface area contributed by atoms with Crippen LogP contribution in [0.25, 0.3) is 0 Å². The molecule has 1 aromatic rings. The van der Waals surface area contributed by atoms with E-state index in [9.17, 15) is 9.90 Å². The zero-order valence-corrected chi connectivity index (χ0v) is 15.9. The molecule has 26 heavy (non-hydrogen) atoms. The smallest absolute Gasteiger partial charge is 0.223 e. The van der Waals surface area contributed by atoms with Gasteiger partial charge in [0.05, 0.1) is 13.2 Å². The lowest BCUT2D eigenvalue weighted by Gasteiger charge is -2.38. The first-order valence-electron chi connectivity index (χ1n) is 9.17. The summed E-state index contributed by atoms with van der Waals surface area (Å²) in [6, 6.07) is 7.43. The zero-order chi connectivity index (χ0) is 19.1. The first-order chi connectivity index (χ1) is 12.5. The molecule has 142 valence electrons. The number of rotatable bonds is 7. The molecule has 0 saturated carbocycles. The van der Waals surface area contributed by atoms with E-state index < -0.39 is 0 Å². The third-order valence-electron chi connectivity index (χ3n) is 5.36. The van der Waals surface area contributed by atoms with Gasteiger partial charge < -0.3 is 14.7 Å². The molecule has 2 atom stereocenters. The van der Waals surface area contributed by atoms with E-state index in [1.54, 1.807) is 20.2 Å². The summed E-state index contributed by atoms with van der Waals surface area (Å²) in [6.07, 6.45) is 2.49. The number of amides is 1. The first-order valence-corrected chi connectivity index (χ1v) is 9.17. The Labute approximate surface area is 156 Å². The molecule has 1 aliphatic rings. The second-order valence-corrected chi connectivity index (χ2v) is 7.06. The molecule has 6 nitrogen and oxygen atoms in total. The van der Waals surface area contributed by atoms with E-state index in [0.717, 1.165) is 31.5 Å². The predicted octanol–water partition coefficient (Wildman–Crippen LogP) is 2.62. The molecule has 6 heteroatoms. The van der Waals surface area contributed by atoms with Crippen LogP contribution in [0.4, 0.5) is 0 Å². The van der Waals surface area contributed by atoms with Crippen LogP contribution in [0, 0.1) is 23.2 Å². The van der Waals surface area contributed by atoms with Crippen molar-refractivity contribution in [3.8, 4) is 17.6 Å². The Morgan fingerprint density at radius 1 is 1.46 bits per heavy atom. The number of ether oxygens (including phenoxy) is 1. The van der Waals surface area contributed by atoms with Crippen LogP contribution in [-0.2, 0) is 11.3 Å². The highest BCUT2D eigenvalue weighted by atomic mass is 16.5. The molecular formula is C20H29N3O3. The second kappa shape index (κ2) is 9.44. The normalized spacial score (nSPS) is 20.4. The number of nitriles is 1. The Kier molecular flexibility index (Phi) is 7.28. The van der Waals surface area contributed by atoms with Crippen LogP contribution >= 0.6 is 0 Å². The van der Waals surface area contributed by atoms with Gasteiger partial charge in [-0.25, -0.2) is 0 Å². The number of hydrogen-bond acceptors (Lipinski definition) is 5. The summed E-state index contributed by atoms with van der Waals surface area (Å²) in [5.74, 6) is 1.76. The van der Waals surface area contributed by atoms with E-state index >= 15 is 0 Å². The van der Waals surface area contributed by atoms with Gasteiger partial charge in [0.15, 0.2) is 0 Å². The largest absolute Gasteiger partial charge is 0.507 e. The van der Waals surface area contributed by atoms with Crippen molar-refractivity contribution in [1.82, 2.24) is 9.80 Å². The lowest BCUT2D eigenvalue weighted by Crippen LogP contribution is -2.41. The molecule has 1 fully saturated rings. The van der Waals surface area contributed by atoms with Gasteiger partial charge in [-0.3, -0.25) is 9.69 Å². The number of phenols is 1. The molecule has 2 rings (SSSR count). The van der Waals surface area contributed by atoms with Gasteiger partial charge in [-0.2, -0.15) is 5.26 Å². The molecule has 1 saturated heterocycles. The van der Waals surface area contributed by atoms with Crippen LogP contribution in [0.3, 0.4) is 0 Å². The Morgan fingerprint density at radius 3 is 2.85 bits per heavy atom. The van der Waals surface area contributed by atoms with Gasteiger partial charge in [-0.15, -0.1) is 0 Å². The molecule has 1 N–H and O–H groups in total. The third kappa shape index (κ3) is 5.12. The number of hydrogen-bond donors (Lipinski definition) is 1. The number of carbonyl (C=O) groups is 1. The minimum Gasteiger partial charge on any atom is -0.507 e. The highest BCUT2D eigenvalue weighted by molar-refractivity contribution is 5.76. The van der Waals surface area contributed by atoms with Crippen LogP contribution in [0.15, 0.2) is 18.2 Å². The molecule has 0 aromatic heterocycles. The Balaban J connectivity index is 1.95. The fourth-order valence-corrected chi connectivity index (χ4v) is 3.65. The van der Waals surface area contributed by atoms with Crippen molar-refractivity contribution in [3.05, 3.63) is 23.8 Å². The van der Waals surface area contributed by atoms with Crippen molar-refractivity contribution in [2.45, 2.75) is 32.7 Å². The summed E-state index contributed by atoms with van der Waals surface area (Å²) >= 11 is 0. The van der Waals surface area contributed by atoms with E-state index in [1.165, 1.54) is 4.90 Å². The van der Waals surface area contributed by atoms with Gasteiger partial charge in [0.2, 0.25) is 5.91 Å². The van der Waals surface area contributed by atoms with Gasteiger partial charge in [-0.1, -0.05) is 19.4 Å². The highest BCUT2D eigenvalue weighted by Crippen LogP contribution is 2.32. The Hall–Kier alpha value is -2.26. The summed E-state index contributed by atoms with van der Waals surface area (Å²) < 4.78 is 5.13. The van der Waals surface area contributed by atoms with E-state index in [0.29, 0.717) is 30.6 Å². The van der Waals surface area contributed by atoms with Crippen molar-refractivity contribution in [3.63, 3.8) is 0 Å². The van der Waals surface area contributed by atoms with E-state index in [-0.39, 0.29) is 18.2 Å². The molecule has 1 amide bonds. The van der Waals surface area contributed by atoms with E-state index in [4.69, 9.17) is 10.00 Å². The SMILES string of the molecule is CCC1CN(Cc2ccc(OC)cc2O)CCC1CC(=O)N(C)CC#N. The molecule has 0 spiro atoms. The first kappa shape index (κ1) is 20.1. The number of phenolic OH excluding ortho intramolecular Hbond substituents is 1. The lowest BCUT2D eigenvalue weighted by atomic mass is 9.81. The second-order valence-electron chi connectivity index (χ2n) is 7.06. The Bertz CT molecular complexity index is 656. The van der Waals surface area contributed by atoms with Gasteiger partial charge >= 0.3 is 0 Å². The van der Waals surface area contributed by atoms with Crippen molar-refractivity contribution in [2.24, 2.45) is 11.8 Å². The maximum Gasteiger partial charge on any atom is 0.223 e. The molecule has 2 unspecified atom stereocenters. The van der Waals surface area contributed by atoms with Gasteiger partial charge in [0, 0.05) is 38.2 Å². The molecule has 0 aliphatic carbocycles. The standard InChI is InChI=1S/C20H29N3O3/c1-4-15-13-23(14-17-5-6-18(26-3)12-19(17)24)9-7-16(15)11-20(25)22(2)10-8-21/h5-6,12,15-16,24H,4,7,9-11,13-14H2,1-3H3. The average Bonchev–Trinajstić information content (AvgIpc) is 2.64. The maximum absolute atomic E-state index is 12.3. The number of nitrogens with zero attached hydrogens (tertiary/aromatic N) is 3. The minimum atomic E-state index is 0.0521. The third-order valence-corrected chi connectivity index (χ3v) is 5.36. The number of piperidine rings is 1. The quantitative estimate of drug-likeness (QED) is 0.757. The van der Waals surface area contributed by atoms with Crippen LogP contribution in [0.5, 0.6) is 11.5 Å². The van der Waals surface area contributed by atoms with E-state index in [2.05, 4.69) is 11.8 Å². The number of likely N-dealkylation sites (tertiary alicyclic amines) is 1. The number of benzene rings is 1. The number of aromatic hydroxyl groups is 1. The summed E-state index contributed by atoms with van der Waals surface area (Å²) in [7, 11) is 3.27. The summed E-state index contributed by atoms with van der Waals surface area (Å²) in [5, 5.41) is 18.9. The monoisotopic (exact) mass is 359 g/mol. The van der Waals surface area contributed by atoms with Crippen LogP contribution in [-0.4, -0.2) is 54.6 Å². The number of methoxy groups -OCH3 is 1. The van der Waals surface area contributed by atoms with Gasteiger partial charge in [0.25, 0.3) is 0 Å². The summed E-state index contributed by atoms with van der Waals surface area (Å²) in [6.45, 7) is 4.83. The van der Waals surface area contributed by atoms with Crippen LogP contribution < -0.4 is 4.74 Å². The highest BCUT2D eigenvalue weighted by Gasteiger charge is 2.30. The molecule has 1 aliphatic heterocycles. The fourth-order valence-electron chi connectivity index (χ4n) is 3.65. The lowest BCUT2D eigenvalue weighted by molar-refractivity contribution is -0.131. The van der Waals surface area contributed by atoms with Crippen molar-refractivity contribution < 1.29 is 14.6 Å². The zero-order valence-electron chi connectivity index (χ0n) is 15.9. The Morgan fingerprint density at radius 2 is 2.23 bits per heavy atom. The van der Waals surface area contributed by atoms with Crippen molar-refractivity contribution >= 4 is 5.91 Å². The predicted molar refractivity (Wildman–Crippen MR) is 99.7 cm³/mol. The summed E-state index contributed by atoms with van der Waals surface area (Å²) in [5.41, 5.74) is 0.893. The van der Waals surface area contributed by atoms with Gasteiger partial charge in [0.1, 0.15) is 18.0 Å². The molecular weight excluding hydrogens is 330 g/mol. The molecule has 1 aromatic carbocycles. The average molecular weight is 359 g/mol. The topological polar surface area (TPSA) is 76.8 Å². The van der Waals surface area contributed by atoms with Gasteiger partial charge in [-0.05, 0) is 30.9 Å². The fraction of sp³-hybridized carbons (Fsp3) is 0.600. The molecule has 0 radical (unpaired) electrons. The van der Waals surface area contributed by atoms with Crippen molar-refractivity contribution in [2.75, 3.05) is 33.8 Å². The van der Waals surface area contributed by atoms with Crippen LogP contribution in [0.2, 0.25) is 0 Å². The van der Waals surface area contributed by atoms with Crippen LogP contribution in [0.1, 0.15) is 31.7 Å². The molecule has 1 heterocycles. The molecule has 0 bridgehead atoms. The van der Waals surface area contributed by atoms with Crippen molar-refractivity contribution in [1.29, 1.82) is 5.26 Å². The number of carbonyl (C=O) groups excluding carboxylic acids is 1. The maximum atomic E-state index is 12.3. The minimum absolute atomic E-state index is 0.0521.